The average molecular weight is 569 g/mol. The molecule has 2 aromatic carbocycles. The van der Waals surface area contributed by atoms with Crippen LogP contribution in [0, 0.1) is 5.92 Å². The van der Waals surface area contributed by atoms with E-state index in [1.807, 2.05) is 0 Å². The fourth-order valence-corrected chi connectivity index (χ4v) is 4.61. The number of carbonyl (C=O) groups is 1. The zero-order valence-corrected chi connectivity index (χ0v) is 20.4. The SMILES string of the molecule is O=C(NC1CCC(C(F)(F)F)CC1)c1cc2[nH]c(Nc3c(Cl)cccc3Cl)nc2cc1OCC(F)(F)F. The largest absolute Gasteiger partial charge is 0.483 e. The Kier molecular flexibility index (Phi) is 7.70. The summed E-state index contributed by atoms with van der Waals surface area (Å²) in [5, 5.41) is 6.10. The number of benzene rings is 2. The van der Waals surface area contributed by atoms with Gasteiger partial charge in [-0.2, -0.15) is 26.3 Å². The first-order chi connectivity index (χ1) is 17.3. The highest BCUT2D eigenvalue weighted by molar-refractivity contribution is 6.39. The molecule has 0 unspecified atom stereocenters. The number of imidazole rings is 1. The van der Waals surface area contributed by atoms with E-state index >= 15 is 0 Å². The van der Waals surface area contributed by atoms with Gasteiger partial charge >= 0.3 is 12.4 Å². The molecule has 1 amide bonds. The lowest BCUT2D eigenvalue weighted by Crippen LogP contribution is -2.40. The van der Waals surface area contributed by atoms with E-state index in [0.29, 0.717) is 15.7 Å². The van der Waals surface area contributed by atoms with Gasteiger partial charge in [0.05, 0.1) is 38.2 Å². The van der Waals surface area contributed by atoms with Crippen molar-refractivity contribution in [1.29, 1.82) is 0 Å². The number of rotatable bonds is 6. The normalized spacial score (nSPS) is 18.6. The second kappa shape index (κ2) is 10.5. The zero-order chi connectivity index (χ0) is 27.0. The zero-order valence-electron chi connectivity index (χ0n) is 18.9. The van der Waals surface area contributed by atoms with Gasteiger partial charge in [-0.3, -0.25) is 4.79 Å². The van der Waals surface area contributed by atoms with Gasteiger partial charge in [0.1, 0.15) is 5.75 Å². The molecule has 1 aromatic heterocycles. The topological polar surface area (TPSA) is 79.0 Å². The van der Waals surface area contributed by atoms with Crippen LogP contribution in [0.1, 0.15) is 36.0 Å². The van der Waals surface area contributed by atoms with Crippen LogP contribution in [0.4, 0.5) is 38.0 Å². The Morgan fingerprint density at radius 1 is 1.05 bits per heavy atom. The number of anilines is 2. The lowest BCUT2D eigenvalue weighted by molar-refractivity contribution is -0.182. The van der Waals surface area contributed by atoms with Crippen molar-refractivity contribution in [2.45, 2.75) is 44.1 Å². The number of fused-ring (bicyclic) bond motifs is 1. The van der Waals surface area contributed by atoms with Crippen molar-refractivity contribution in [2.24, 2.45) is 5.92 Å². The highest BCUT2D eigenvalue weighted by Crippen LogP contribution is 2.38. The number of hydrogen-bond acceptors (Lipinski definition) is 4. The first-order valence-corrected chi connectivity index (χ1v) is 11.9. The molecule has 3 aromatic rings. The van der Waals surface area contributed by atoms with E-state index in [1.165, 1.54) is 12.1 Å². The highest BCUT2D eigenvalue weighted by atomic mass is 35.5. The van der Waals surface area contributed by atoms with Crippen molar-refractivity contribution in [3.63, 3.8) is 0 Å². The van der Waals surface area contributed by atoms with Crippen molar-refractivity contribution >= 4 is 51.8 Å². The lowest BCUT2D eigenvalue weighted by atomic mass is 9.85. The maximum absolute atomic E-state index is 13.0. The van der Waals surface area contributed by atoms with Crippen LogP contribution in [0.2, 0.25) is 10.0 Å². The summed E-state index contributed by atoms with van der Waals surface area (Å²) in [6.07, 6.45) is -9.09. The molecule has 0 spiro atoms. The summed E-state index contributed by atoms with van der Waals surface area (Å²) < 4.78 is 82.2. The van der Waals surface area contributed by atoms with Crippen molar-refractivity contribution in [3.8, 4) is 5.75 Å². The van der Waals surface area contributed by atoms with E-state index in [0.717, 1.165) is 0 Å². The maximum Gasteiger partial charge on any atom is 0.422 e. The monoisotopic (exact) mass is 568 g/mol. The van der Waals surface area contributed by atoms with Crippen LogP contribution in [0.25, 0.3) is 11.0 Å². The molecular formula is C23H20Cl2F6N4O2. The molecule has 37 heavy (non-hydrogen) atoms. The Morgan fingerprint density at radius 2 is 1.70 bits per heavy atom. The van der Waals surface area contributed by atoms with Gasteiger partial charge in [0.15, 0.2) is 6.61 Å². The Bertz CT molecular complexity index is 1270. The number of ether oxygens (including phenoxy) is 1. The third-order valence-electron chi connectivity index (χ3n) is 5.95. The van der Waals surface area contributed by atoms with Gasteiger partial charge in [0.25, 0.3) is 5.91 Å². The number of nitrogens with one attached hydrogen (secondary N) is 3. The minimum absolute atomic E-state index is 0.0909. The number of aromatic amines is 1. The number of H-pyrrole nitrogens is 1. The third kappa shape index (κ3) is 6.72. The summed E-state index contributed by atoms with van der Waals surface area (Å²) in [4.78, 5) is 20.1. The summed E-state index contributed by atoms with van der Waals surface area (Å²) in [6.45, 7) is -1.65. The van der Waals surface area contributed by atoms with E-state index in [-0.39, 0.29) is 54.0 Å². The van der Waals surface area contributed by atoms with Crippen molar-refractivity contribution in [1.82, 2.24) is 15.3 Å². The van der Waals surface area contributed by atoms with Gasteiger partial charge in [0, 0.05) is 12.1 Å². The number of amides is 1. The van der Waals surface area contributed by atoms with Gasteiger partial charge in [-0.05, 0) is 43.9 Å². The first kappa shape index (κ1) is 27.2. The number of halogens is 8. The molecular weight excluding hydrogens is 549 g/mol. The predicted octanol–water partition coefficient (Wildman–Crippen LogP) is 7.41. The molecule has 1 aliphatic carbocycles. The molecule has 6 nitrogen and oxygen atoms in total. The van der Waals surface area contributed by atoms with Gasteiger partial charge in [-0.25, -0.2) is 4.98 Å². The van der Waals surface area contributed by atoms with E-state index < -0.39 is 36.8 Å². The molecule has 0 atom stereocenters. The molecule has 14 heteroatoms. The van der Waals surface area contributed by atoms with Crippen LogP contribution >= 0.6 is 23.2 Å². The fourth-order valence-electron chi connectivity index (χ4n) is 4.12. The van der Waals surface area contributed by atoms with E-state index in [4.69, 9.17) is 27.9 Å². The van der Waals surface area contributed by atoms with Crippen LogP contribution in [-0.4, -0.2) is 40.9 Å². The summed E-state index contributed by atoms with van der Waals surface area (Å²) in [5.74, 6) is -2.44. The Morgan fingerprint density at radius 3 is 2.30 bits per heavy atom. The molecule has 1 heterocycles. The predicted molar refractivity (Wildman–Crippen MR) is 127 cm³/mol. The number of aromatic nitrogens is 2. The second-order valence-corrected chi connectivity index (χ2v) is 9.45. The molecule has 0 radical (unpaired) electrons. The van der Waals surface area contributed by atoms with Gasteiger partial charge in [-0.1, -0.05) is 29.3 Å². The minimum atomic E-state index is -4.67. The summed E-state index contributed by atoms with van der Waals surface area (Å²) in [5.41, 5.74) is 0.590. The number of alkyl halides is 6. The number of carbonyl (C=O) groups excluding carboxylic acids is 1. The number of hydrogen-bond donors (Lipinski definition) is 3. The summed E-state index contributed by atoms with van der Waals surface area (Å²) in [6, 6.07) is 6.70. The first-order valence-electron chi connectivity index (χ1n) is 11.1. The molecule has 4 rings (SSSR count). The Hall–Kier alpha value is -2.86. The number of nitrogens with zero attached hydrogens (tertiary/aromatic N) is 1. The lowest BCUT2D eigenvalue weighted by Gasteiger charge is -2.30. The molecule has 0 aliphatic heterocycles. The Balaban J connectivity index is 1.59. The third-order valence-corrected chi connectivity index (χ3v) is 6.58. The van der Waals surface area contributed by atoms with Crippen LogP contribution in [0.3, 0.4) is 0 Å². The molecule has 3 N–H and O–H groups in total. The van der Waals surface area contributed by atoms with Crippen molar-refractivity contribution in [3.05, 3.63) is 45.9 Å². The summed E-state index contributed by atoms with van der Waals surface area (Å²) in [7, 11) is 0. The maximum atomic E-state index is 13.0. The standard InChI is InChI=1S/C23H20Cl2F6N4O2/c24-14-2-1-3-15(25)19(14)35-21-33-16-8-13(18(9-17(16)34-21)37-10-22(26,27)28)20(36)32-12-6-4-11(5-7-12)23(29,30)31/h1-3,8-9,11-12H,4-7,10H2,(H,32,36)(H2,33,34,35). The molecule has 200 valence electrons. The molecule has 1 saturated carbocycles. The fraction of sp³-hybridized carbons (Fsp3) is 0.391. The second-order valence-electron chi connectivity index (χ2n) is 8.64. The van der Waals surface area contributed by atoms with Crippen molar-refractivity contribution < 1.29 is 35.9 Å². The van der Waals surface area contributed by atoms with Crippen LogP contribution in [-0.2, 0) is 0 Å². The molecule has 0 saturated heterocycles. The van der Waals surface area contributed by atoms with Gasteiger partial charge in [-0.15, -0.1) is 0 Å². The Labute approximate surface area is 216 Å². The van der Waals surface area contributed by atoms with Crippen LogP contribution in [0.5, 0.6) is 5.75 Å². The summed E-state index contributed by atoms with van der Waals surface area (Å²) >= 11 is 12.3. The average Bonchev–Trinajstić information content (AvgIpc) is 3.20. The smallest absolute Gasteiger partial charge is 0.422 e. The van der Waals surface area contributed by atoms with Gasteiger partial charge in [0.2, 0.25) is 5.95 Å². The molecule has 1 aliphatic rings. The molecule has 0 bridgehead atoms. The van der Waals surface area contributed by atoms with E-state index in [1.54, 1.807) is 18.2 Å². The minimum Gasteiger partial charge on any atom is -0.483 e. The van der Waals surface area contributed by atoms with E-state index in [9.17, 15) is 31.1 Å². The van der Waals surface area contributed by atoms with Crippen LogP contribution < -0.4 is 15.4 Å². The number of para-hydroxylation sites is 1. The van der Waals surface area contributed by atoms with Gasteiger partial charge < -0.3 is 20.4 Å². The quantitative estimate of drug-likeness (QED) is 0.270. The van der Waals surface area contributed by atoms with Crippen molar-refractivity contribution in [2.75, 3.05) is 11.9 Å². The molecule has 1 fully saturated rings. The van der Waals surface area contributed by atoms with Crippen LogP contribution in [0.15, 0.2) is 30.3 Å². The van der Waals surface area contributed by atoms with E-state index in [2.05, 4.69) is 20.6 Å². The highest BCUT2D eigenvalue weighted by Gasteiger charge is 2.41.